The molecule has 3 aromatic rings. The van der Waals surface area contributed by atoms with Gasteiger partial charge in [-0.2, -0.15) is 5.10 Å². The highest BCUT2D eigenvalue weighted by molar-refractivity contribution is 7.92. The second-order valence-corrected chi connectivity index (χ2v) is 11.0. The van der Waals surface area contributed by atoms with Crippen molar-refractivity contribution in [1.82, 2.24) is 19.5 Å². The third kappa shape index (κ3) is 5.52. The molecular weight excluding hydrogens is 492 g/mol. The maximum absolute atomic E-state index is 13.7. The molecule has 2 N–H and O–H groups in total. The molecule has 35 heavy (non-hydrogen) atoms. The van der Waals surface area contributed by atoms with Gasteiger partial charge in [-0.3, -0.25) is 9.52 Å². The third-order valence-corrected chi connectivity index (χ3v) is 6.86. The van der Waals surface area contributed by atoms with E-state index in [1.165, 1.54) is 12.1 Å². The number of hydrogen-bond acceptors (Lipinski definition) is 7. The average molecular weight is 521 g/mol. The van der Waals surface area contributed by atoms with Crippen LogP contribution >= 0.6 is 11.6 Å². The lowest BCUT2D eigenvalue weighted by atomic mass is 9.98. The number of aliphatic hydroxyl groups excluding tert-OH is 1. The molecule has 3 heterocycles. The number of sulfonamides is 1. The predicted molar refractivity (Wildman–Crippen MR) is 136 cm³/mol. The standard InChI is InChI=1S/C23H29ClN6O4S/c1-15-14-30-21(25-22(15)28(2)10-11-31)13-19(26-30)20-6-4-5-9-29(20)23(32)17-12-16(24)7-8-18(17)27-35(3,33)34/h7-8,12-14,20,27,31H,4-6,9-11H2,1-3H3/t20-/m1/s1. The Morgan fingerprint density at radius 2 is 2.09 bits per heavy atom. The molecule has 1 aliphatic heterocycles. The van der Waals surface area contributed by atoms with Crippen molar-refractivity contribution in [2.75, 3.05) is 42.6 Å². The quantitative estimate of drug-likeness (QED) is 0.491. The first-order valence-corrected chi connectivity index (χ1v) is 13.6. The zero-order chi connectivity index (χ0) is 25.3. The number of aromatic nitrogens is 3. The molecule has 1 aliphatic rings. The number of nitrogens with zero attached hydrogens (tertiary/aromatic N) is 5. The van der Waals surface area contributed by atoms with Gasteiger partial charge in [0.1, 0.15) is 5.82 Å². The topological polar surface area (TPSA) is 120 Å². The van der Waals surface area contributed by atoms with E-state index in [-0.39, 0.29) is 29.8 Å². The number of likely N-dealkylation sites (tertiary alicyclic amines) is 1. The number of likely N-dealkylation sites (N-methyl/N-ethyl adjacent to an activating group) is 1. The maximum atomic E-state index is 13.7. The SMILES string of the molecule is Cc1cn2nc([C@H]3CCCCN3C(=O)c3cc(Cl)ccc3NS(C)(=O)=O)cc2nc1N(C)CCO. The van der Waals surface area contributed by atoms with Crippen molar-refractivity contribution in [3.05, 3.63) is 52.3 Å². The normalized spacial score (nSPS) is 16.5. The number of anilines is 2. The number of nitrogens with one attached hydrogen (secondary N) is 1. The number of rotatable bonds is 7. The molecule has 4 rings (SSSR count). The van der Waals surface area contributed by atoms with Crippen molar-refractivity contribution in [3.63, 3.8) is 0 Å². The minimum Gasteiger partial charge on any atom is -0.395 e. The first-order chi connectivity index (χ1) is 16.6. The molecule has 1 aromatic carbocycles. The summed E-state index contributed by atoms with van der Waals surface area (Å²) < 4.78 is 27.8. The molecule has 10 nitrogen and oxygen atoms in total. The van der Waals surface area contributed by atoms with Gasteiger partial charge in [0.15, 0.2) is 5.65 Å². The van der Waals surface area contributed by atoms with E-state index >= 15 is 0 Å². The summed E-state index contributed by atoms with van der Waals surface area (Å²) in [7, 11) is -1.72. The lowest BCUT2D eigenvalue weighted by molar-refractivity contribution is 0.0607. The average Bonchev–Trinajstić information content (AvgIpc) is 3.21. The fourth-order valence-corrected chi connectivity index (χ4v) is 5.19. The number of carbonyl (C=O) groups is 1. The van der Waals surface area contributed by atoms with E-state index in [1.807, 2.05) is 31.1 Å². The molecular formula is C23H29ClN6O4S. The Labute approximate surface area is 209 Å². The number of hydrogen-bond donors (Lipinski definition) is 2. The van der Waals surface area contributed by atoms with Gasteiger partial charge in [0.25, 0.3) is 5.91 Å². The van der Waals surface area contributed by atoms with Crippen molar-refractivity contribution < 1.29 is 18.3 Å². The maximum Gasteiger partial charge on any atom is 0.256 e. The molecule has 0 unspecified atom stereocenters. The van der Waals surface area contributed by atoms with E-state index in [1.54, 1.807) is 15.5 Å². The smallest absolute Gasteiger partial charge is 0.256 e. The summed E-state index contributed by atoms with van der Waals surface area (Å²) in [5, 5.41) is 14.3. The molecule has 1 saturated heterocycles. The summed E-state index contributed by atoms with van der Waals surface area (Å²) in [5.41, 5.74) is 2.66. The van der Waals surface area contributed by atoms with Gasteiger partial charge >= 0.3 is 0 Å². The summed E-state index contributed by atoms with van der Waals surface area (Å²) in [4.78, 5) is 22.0. The zero-order valence-electron chi connectivity index (χ0n) is 19.9. The van der Waals surface area contributed by atoms with Crippen molar-refractivity contribution in [2.45, 2.75) is 32.2 Å². The van der Waals surface area contributed by atoms with Crippen LogP contribution in [0.1, 0.15) is 46.9 Å². The van der Waals surface area contributed by atoms with Gasteiger partial charge in [-0.15, -0.1) is 0 Å². The number of aryl methyl sites for hydroxylation is 1. The minimum atomic E-state index is -3.59. The molecule has 0 saturated carbocycles. The lowest BCUT2D eigenvalue weighted by Gasteiger charge is -2.35. The van der Waals surface area contributed by atoms with Gasteiger partial charge < -0.3 is 14.9 Å². The Hall–Kier alpha value is -2.89. The highest BCUT2D eigenvalue weighted by atomic mass is 35.5. The van der Waals surface area contributed by atoms with Crippen LogP contribution in [0.2, 0.25) is 5.02 Å². The number of carbonyl (C=O) groups excluding carboxylic acids is 1. The summed E-state index contributed by atoms with van der Waals surface area (Å²) >= 11 is 6.16. The van der Waals surface area contributed by atoms with Gasteiger partial charge in [-0.25, -0.2) is 17.9 Å². The molecule has 0 bridgehead atoms. The summed E-state index contributed by atoms with van der Waals surface area (Å²) in [6.45, 7) is 2.92. The molecule has 0 aliphatic carbocycles. The Kier molecular flexibility index (Phi) is 7.20. The number of amides is 1. The molecule has 2 aromatic heterocycles. The number of halogens is 1. The van der Waals surface area contributed by atoms with Gasteiger partial charge in [-0.1, -0.05) is 11.6 Å². The fourth-order valence-electron chi connectivity index (χ4n) is 4.44. The van der Waals surface area contributed by atoms with Crippen LogP contribution in [0.5, 0.6) is 0 Å². The van der Waals surface area contributed by atoms with Gasteiger partial charge in [0.2, 0.25) is 10.0 Å². The molecule has 0 spiro atoms. The monoisotopic (exact) mass is 520 g/mol. The Balaban J connectivity index is 1.71. The van der Waals surface area contributed by atoms with Crippen molar-refractivity contribution in [3.8, 4) is 0 Å². The second-order valence-electron chi connectivity index (χ2n) is 8.84. The van der Waals surface area contributed by atoms with E-state index in [4.69, 9.17) is 21.7 Å². The van der Waals surface area contributed by atoms with E-state index in [9.17, 15) is 18.3 Å². The molecule has 1 amide bonds. The first-order valence-electron chi connectivity index (χ1n) is 11.3. The summed E-state index contributed by atoms with van der Waals surface area (Å²) in [6, 6.07) is 6.11. The number of piperidine rings is 1. The van der Waals surface area contributed by atoms with Crippen LogP contribution in [-0.4, -0.2) is 71.9 Å². The summed E-state index contributed by atoms with van der Waals surface area (Å²) in [6.07, 6.45) is 5.41. The van der Waals surface area contributed by atoms with Crippen molar-refractivity contribution >= 4 is 44.7 Å². The van der Waals surface area contributed by atoms with Crippen molar-refractivity contribution in [2.24, 2.45) is 0 Å². The van der Waals surface area contributed by atoms with Gasteiger partial charge in [-0.05, 0) is 44.4 Å². The van der Waals surface area contributed by atoms with Gasteiger partial charge in [0, 0.05) is 43.0 Å². The predicted octanol–water partition coefficient (Wildman–Crippen LogP) is 2.86. The number of benzene rings is 1. The van der Waals surface area contributed by atoms with Crippen LogP contribution in [0.4, 0.5) is 11.5 Å². The van der Waals surface area contributed by atoms with E-state index in [0.717, 1.165) is 36.9 Å². The molecule has 1 atom stereocenters. The molecule has 188 valence electrons. The Bertz CT molecular complexity index is 1360. The van der Waals surface area contributed by atoms with Crippen LogP contribution in [0.3, 0.4) is 0 Å². The van der Waals surface area contributed by atoms with Crippen molar-refractivity contribution in [1.29, 1.82) is 0 Å². The Morgan fingerprint density at radius 3 is 2.80 bits per heavy atom. The highest BCUT2D eigenvalue weighted by Crippen LogP contribution is 2.34. The molecule has 1 fully saturated rings. The largest absolute Gasteiger partial charge is 0.395 e. The highest BCUT2D eigenvalue weighted by Gasteiger charge is 2.32. The fraction of sp³-hybridized carbons (Fsp3) is 0.435. The number of fused-ring (bicyclic) bond motifs is 1. The van der Waals surface area contributed by atoms with Crippen LogP contribution in [0, 0.1) is 6.92 Å². The van der Waals surface area contributed by atoms with Gasteiger partial charge in [0.05, 0.1) is 35.8 Å². The van der Waals surface area contributed by atoms with Crippen LogP contribution in [0.25, 0.3) is 5.65 Å². The minimum absolute atomic E-state index is 0.0200. The third-order valence-electron chi connectivity index (χ3n) is 6.03. The lowest BCUT2D eigenvalue weighted by Crippen LogP contribution is -2.39. The zero-order valence-corrected chi connectivity index (χ0v) is 21.5. The molecule has 12 heteroatoms. The van der Waals surface area contributed by atoms with E-state index in [2.05, 4.69) is 4.72 Å². The summed E-state index contributed by atoms with van der Waals surface area (Å²) in [5.74, 6) is 0.443. The Morgan fingerprint density at radius 1 is 1.31 bits per heavy atom. The number of aliphatic hydroxyl groups is 1. The second kappa shape index (κ2) is 10.00. The van der Waals surface area contributed by atoms with E-state index < -0.39 is 10.0 Å². The molecule has 0 radical (unpaired) electrons. The van der Waals surface area contributed by atoms with Crippen LogP contribution in [-0.2, 0) is 10.0 Å². The van der Waals surface area contributed by atoms with E-state index in [0.29, 0.717) is 29.5 Å². The van der Waals surface area contributed by atoms with Crippen LogP contribution < -0.4 is 9.62 Å². The van der Waals surface area contributed by atoms with Crippen LogP contribution in [0.15, 0.2) is 30.5 Å². The first kappa shape index (κ1) is 25.2.